The number of ether oxygens (including phenoxy) is 1. The van der Waals surface area contributed by atoms with Gasteiger partial charge in [0.05, 0.1) is 23.2 Å². The zero-order valence-electron chi connectivity index (χ0n) is 13.5. The first-order valence-electron chi connectivity index (χ1n) is 8.08. The van der Waals surface area contributed by atoms with Crippen molar-refractivity contribution in [3.8, 4) is 6.07 Å². The normalized spacial score (nSPS) is 21.0. The van der Waals surface area contributed by atoms with Crippen LogP contribution >= 0.6 is 0 Å². The van der Waals surface area contributed by atoms with E-state index in [-0.39, 0.29) is 12.1 Å². The number of nitrogens with zero attached hydrogens (tertiary/aromatic N) is 1. The van der Waals surface area contributed by atoms with Gasteiger partial charge in [0, 0.05) is 5.70 Å². The molecule has 1 aliphatic carbocycles. The number of esters is 1. The van der Waals surface area contributed by atoms with Crippen LogP contribution in [0.3, 0.4) is 0 Å². The Morgan fingerprint density at radius 3 is 2.54 bits per heavy atom. The number of hydrogen-bond acceptors (Lipinski definition) is 4. The van der Waals surface area contributed by atoms with Crippen molar-refractivity contribution < 1.29 is 14.3 Å². The van der Waals surface area contributed by atoms with Crippen LogP contribution in [0.1, 0.15) is 49.8 Å². The fourth-order valence-electron chi connectivity index (χ4n) is 3.19. The van der Waals surface area contributed by atoms with Crippen LogP contribution in [0, 0.1) is 11.3 Å². The first-order chi connectivity index (χ1) is 11.6. The van der Waals surface area contributed by atoms with Crippen LogP contribution < -0.4 is 10.6 Å². The van der Waals surface area contributed by atoms with Gasteiger partial charge in [0.2, 0.25) is 0 Å². The summed E-state index contributed by atoms with van der Waals surface area (Å²) >= 11 is 0. The molecule has 1 unspecified atom stereocenters. The van der Waals surface area contributed by atoms with Crippen molar-refractivity contribution >= 4 is 12.0 Å². The largest absolute Gasteiger partial charge is 0.459 e. The monoisotopic (exact) mass is 325 g/mol. The minimum absolute atomic E-state index is 0.0444. The second-order valence-electron chi connectivity index (χ2n) is 6.12. The highest BCUT2D eigenvalue weighted by Gasteiger charge is 2.33. The lowest BCUT2D eigenvalue weighted by Gasteiger charge is -2.28. The first-order valence-corrected chi connectivity index (χ1v) is 8.08. The summed E-state index contributed by atoms with van der Waals surface area (Å²) in [5.74, 6) is -0.402. The molecule has 0 radical (unpaired) electrons. The van der Waals surface area contributed by atoms with Gasteiger partial charge in [-0.3, -0.25) is 0 Å². The standard InChI is InChI=1S/C18H19N3O3/c1-11-15(17(22)24-14-4-2-3-5-14)16(21-18(23)20-11)13-8-6-12(10-19)7-9-13/h6-9,14,16H,2-5H2,1H3,(H2,20,21,23). The van der Waals surface area contributed by atoms with Gasteiger partial charge in [-0.05, 0) is 50.3 Å². The molecule has 6 nitrogen and oxygen atoms in total. The summed E-state index contributed by atoms with van der Waals surface area (Å²) in [6.45, 7) is 1.70. The van der Waals surface area contributed by atoms with Crippen molar-refractivity contribution in [2.45, 2.75) is 44.8 Å². The van der Waals surface area contributed by atoms with Crippen LogP contribution in [0.4, 0.5) is 4.79 Å². The Kier molecular flexibility index (Phi) is 4.52. The van der Waals surface area contributed by atoms with Crippen molar-refractivity contribution in [1.29, 1.82) is 5.26 Å². The van der Waals surface area contributed by atoms with E-state index in [1.165, 1.54) is 0 Å². The molecular weight excluding hydrogens is 306 g/mol. The van der Waals surface area contributed by atoms with Crippen LogP contribution in [-0.4, -0.2) is 18.1 Å². The molecule has 1 saturated carbocycles. The second-order valence-corrected chi connectivity index (χ2v) is 6.12. The molecule has 1 atom stereocenters. The third-order valence-electron chi connectivity index (χ3n) is 4.44. The maximum absolute atomic E-state index is 12.7. The van der Waals surface area contributed by atoms with E-state index in [0.717, 1.165) is 31.2 Å². The Balaban J connectivity index is 1.89. The highest BCUT2D eigenvalue weighted by Crippen LogP contribution is 2.30. The highest BCUT2D eigenvalue weighted by atomic mass is 16.5. The average Bonchev–Trinajstić information content (AvgIpc) is 3.07. The smallest absolute Gasteiger partial charge is 0.338 e. The zero-order chi connectivity index (χ0) is 17.1. The second kappa shape index (κ2) is 6.75. The van der Waals surface area contributed by atoms with Crippen LogP contribution in [0.15, 0.2) is 35.5 Å². The Morgan fingerprint density at radius 1 is 1.25 bits per heavy atom. The predicted octanol–water partition coefficient (Wildman–Crippen LogP) is 2.67. The molecule has 124 valence electrons. The average molecular weight is 325 g/mol. The van der Waals surface area contributed by atoms with Crippen molar-refractivity contribution in [1.82, 2.24) is 10.6 Å². The molecule has 1 heterocycles. The van der Waals surface area contributed by atoms with Gasteiger partial charge in [0.1, 0.15) is 6.10 Å². The molecule has 0 saturated heterocycles. The molecule has 0 aromatic heterocycles. The summed E-state index contributed by atoms with van der Waals surface area (Å²) in [4.78, 5) is 24.5. The van der Waals surface area contributed by atoms with Crippen molar-refractivity contribution in [3.05, 3.63) is 46.7 Å². The molecule has 0 spiro atoms. The molecular formula is C18H19N3O3. The quantitative estimate of drug-likeness (QED) is 0.836. The lowest BCUT2D eigenvalue weighted by atomic mass is 9.95. The van der Waals surface area contributed by atoms with Gasteiger partial charge in [-0.25, -0.2) is 9.59 Å². The van der Waals surface area contributed by atoms with Gasteiger partial charge in [-0.2, -0.15) is 5.26 Å². The number of amides is 2. The number of hydrogen-bond donors (Lipinski definition) is 2. The molecule has 6 heteroatoms. The first kappa shape index (κ1) is 16.1. The van der Waals surface area contributed by atoms with Gasteiger partial charge in [0.25, 0.3) is 0 Å². The van der Waals surface area contributed by atoms with Gasteiger partial charge >= 0.3 is 12.0 Å². The Hall–Kier alpha value is -2.81. The number of urea groups is 1. The van der Waals surface area contributed by atoms with E-state index >= 15 is 0 Å². The fourth-order valence-corrected chi connectivity index (χ4v) is 3.19. The molecule has 1 fully saturated rings. The maximum Gasteiger partial charge on any atom is 0.338 e. The third-order valence-corrected chi connectivity index (χ3v) is 4.44. The van der Waals surface area contributed by atoms with Gasteiger partial charge in [0.15, 0.2) is 0 Å². The molecule has 2 aliphatic rings. The molecule has 2 N–H and O–H groups in total. The summed E-state index contributed by atoms with van der Waals surface area (Å²) in [6.07, 6.45) is 3.88. The lowest BCUT2D eigenvalue weighted by Crippen LogP contribution is -2.45. The molecule has 0 bridgehead atoms. The van der Waals surface area contributed by atoms with Crippen molar-refractivity contribution in [2.24, 2.45) is 0 Å². The van der Waals surface area contributed by atoms with Crippen LogP contribution in [-0.2, 0) is 9.53 Å². The lowest BCUT2D eigenvalue weighted by molar-refractivity contribution is -0.144. The summed E-state index contributed by atoms with van der Waals surface area (Å²) in [5.41, 5.74) is 2.17. The number of benzene rings is 1. The molecule has 3 rings (SSSR count). The van der Waals surface area contributed by atoms with Crippen LogP contribution in [0.5, 0.6) is 0 Å². The molecule has 2 amide bonds. The molecule has 1 aromatic rings. The summed E-state index contributed by atoms with van der Waals surface area (Å²) in [6, 6.07) is 7.92. The number of carbonyl (C=O) groups excluding carboxylic acids is 2. The molecule has 24 heavy (non-hydrogen) atoms. The molecule has 1 aromatic carbocycles. The topological polar surface area (TPSA) is 91.2 Å². The van der Waals surface area contributed by atoms with E-state index in [1.54, 1.807) is 31.2 Å². The number of nitriles is 1. The third kappa shape index (κ3) is 3.25. The Morgan fingerprint density at radius 2 is 1.92 bits per heavy atom. The summed E-state index contributed by atoms with van der Waals surface area (Å²) < 4.78 is 5.61. The van der Waals surface area contributed by atoms with Crippen molar-refractivity contribution in [3.63, 3.8) is 0 Å². The maximum atomic E-state index is 12.7. The molecule has 1 aliphatic heterocycles. The van der Waals surface area contributed by atoms with E-state index in [2.05, 4.69) is 16.7 Å². The van der Waals surface area contributed by atoms with E-state index < -0.39 is 12.0 Å². The van der Waals surface area contributed by atoms with E-state index in [4.69, 9.17) is 10.00 Å². The Bertz CT molecular complexity index is 725. The van der Waals surface area contributed by atoms with Gasteiger partial charge in [-0.1, -0.05) is 12.1 Å². The minimum atomic E-state index is -0.583. The number of carbonyl (C=O) groups is 2. The highest BCUT2D eigenvalue weighted by molar-refractivity contribution is 5.95. The fraction of sp³-hybridized carbons (Fsp3) is 0.389. The SMILES string of the molecule is CC1=C(C(=O)OC2CCCC2)C(c2ccc(C#N)cc2)NC(=O)N1. The number of rotatable bonds is 3. The van der Waals surface area contributed by atoms with E-state index in [1.807, 2.05) is 0 Å². The van der Waals surface area contributed by atoms with Crippen LogP contribution in [0.2, 0.25) is 0 Å². The summed E-state index contributed by atoms with van der Waals surface area (Å²) in [5, 5.41) is 14.3. The van der Waals surface area contributed by atoms with Crippen LogP contribution in [0.25, 0.3) is 0 Å². The Labute approximate surface area is 140 Å². The van der Waals surface area contributed by atoms with E-state index in [0.29, 0.717) is 16.8 Å². The number of nitrogens with one attached hydrogen (secondary N) is 2. The summed E-state index contributed by atoms with van der Waals surface area (Å²) in [7, 11) is 0. The number of allylic oxidation sites excluding steroid dienone is 1. The van der Waals surface area contributed by atoms with Gasteiger partial charge < -0.3 is 15.4 Å². The predicted molar refractivity (Wildman–Crippen MR) is 86.6 cm³/mol. The zero-order valence-corrected chi connectivity index (χ0v) is 13.5. The van der Waals surface area contributed by atoms with Gasteiger partial charge in [-0.15, -0.1) is 0 Å². The van der Waals surface area contributed by atoms with Crippen molar-refractivity contribution in [2.75, 3.05) is 0 Å². The minimum Gasteiger partial charge on any atom is -0.459 e. The van der Waals surface area contributed by atoms with E-state index in [9.17, 15) is 9.59 Å².